The summed E-state index contributed by atoms with van der Waals surface area (Å²) >= 11 is 0. The first-order chi connectivity index (χ1) is 4.27. The highest BCUT2D eigenvalue weighted by molar-refractivity contribution is 5.65. The zero-order chi connectivity index (χ0) is 8.28. The Morgan fingerprint density at radius 3 is 1.33 bits per heavy atom. The second-order valence-corrected chi connectivity index (χ2v) is 0.609. The molecule has 0 aliphatic carbocycles. The molecule has 0 aromatic heterocycles. The first kappa shape index (κ1) is 15.8. The Labute approximate surface area is 55.1 Å². The third-order valence-corrected chi connectivity index (χ3v) is 0.166. The van der Waals surface area contributed by atoms with Gasteiger partial charge in [-0.2, -0.15) is 5.90 Å². The minimum absolute atomic E-state index is 0.468. The van der Waals surface area contributed by atoms with E-state index in [1.807, 2.05) is 0 Å². The molecule has 0 atom stereocenters. The number of carbonyl (C=O) groups excluding carboxylic acids is 1. The quantitative estimate of drug-likeness (QED) is 0.355. The maximum atomic E-state index is 9.47. The summed E-state index contributed by atoms with van der Waals surface area (Å²) < 4.78 is 0. The van der Waals surface area contributed by atoms with Crippen LogP contribution >= 0.6 is 0 Å². The molecule has 5 nitrogen and oxygen atoms in total. The molecule has 0 radical (unpaired) electrons. The van der Waals surface area contributed by atoms with Crippen molar-refractivity contribution in [3.8, 4) is 0 Å². The van der Waals surface area contributed by atoms with Crippen molar-refractivity contribution in [2.45, 2.75) is 6.92 Å². The Balaban J connectivity index is -0.0000000771. The largest absolute Gasteiger partial charge is 0.374 e. The van der Waals surface area contributed by atoms with Gasteiger partial charge in [-0.15, -0.1) is 0 Å². The molecule has 0 amide bonds. The number of hydrogen-bond acceptors (Lipinski definition) is 5. The third-order valence-electron chi connectivity index (χ3n) is 0.166. The summed E-state index contributed by atoms with van der Waals surface area (Å²) in [5.41, 5.74) is 9.00. The van der Waals surface area contributed by atoms with Gasteiger partial charge in [0.05, 0.1) is 0 Å². The van der Waals surface area contributed by atoms with Gasteiger partial charge in [-0.05, 0) is 14.1 Å². The lowest BCUT2D eigenvalue weighted by Crippen LogP contribution is -2.03. The second kappa shape index (κ2) is 26.4. The van der Waals surface area contributed by atoms with E-state index >= 15 is 0 Å². The van der Waals surface area contributed by atoms with Crippen LogP contribution in [0.1, 0.15) is 6.92 Å². The van der Waals surface area contributed by atoms with Crippen molar-refractivity contribution in [2.24, 2.45) is 17.4 Å². The van der Waals surface area contributed by atoms with Gasteiger partial charge in [-0.3, -0.25) is 4.79 Å². The van der Waals surface area contributed by atoms with Gasteiger partial charge in [0.15, 0.2) is 0 Å². The smallest absolute Gasteiger partial charge is 0.321 e. The van der Waals surface area contributed by atoms with Crippen LogP contribution in [0.25, 0.3) is 0 Å². The van der Waals surface area contributed by atoms with Gasteiger partial charge in [0.2, 0.25) is 0 Å². The van der Waals surface area contributed by atoms with Crippen LogP contribution in [0.4, 0.5) is 0 Å². The lowest BCUT2D eigenvalue weighted by Gasteiger charge is -1.79. The Morgan fingerprint density at radius 2 is 1.33 bits per heavy atom. The van der Waals surface area contributed by atoms with E-state index in [1.54, 1.807) is 0 Å². The van der Waals surface area contributed by atoms with E-state index in [9.17, 15) is 4.79 Å². The topological polar surface area (TPSA) is 104 Å². The van der Waals surface area contributed by atoms with E-state index < -0.39 is 5.97 Å². The van der Waals surface area contributed by atoms with Crippen LogP contribution in [-0.4, -0.2) is 20.1 Å². The molecule has 0 unspecified atom stereocenters. The maximum Gasteiger partial charge on any atom is 0.321 e. The molecule has 9 heavy (non-hydrogen) atoms. The first-order valence-corrected chi connectivity index (χ1v) is 2.30. The Kier molecular flexibility index (Phi) is 46.2. The minimum Gasteiger partial charge on any atom is -0.374 e. The fourth-order valence-corrected chi connectivity index (χ4v) is 0. The van der Waals surface area contributed by atoms with Crippen molar-refractivity contribution in [3.05, 3.63) is 0 Å². The molecule has 58 valence electrons. The van der Waals surface area contributed by atoms with Gasteiger partial charge < -0.3 is 16.3 Å². The number of rotatable bonds is 0. The van der Waals surface area contributed by atoms with Crippen LogP contribution in [0.2, 0.25) is 0 Å². The minimum atomic E-state index is -0.468. The molecular weight excluding hydrogens is 122 g/mol. The average Bonchev–Trinajstić information content (AvgIpc) is 1.97. The molecule has 0 aliphatic rings. The van der Waals surface area contributed by atoms with E-state index in [0.29, 0.717) is 0 Å². The van der Waals surface area contributed by atoms with Crippen molar-refractivity contribution in [2.75, 3.05) is 14.1 Å². The van der Waals surface area contributed by atoms with E-state index in [2.05, 4.69) is 22.2 Å². The molecule has 0 saturated carbocycles. The van der Waals surface area contributed by atoms with Gasteiger partial charge in [-0.25, -0.2) is 0 Å². The van der Waals surface area contributed by atoms with Gasteiger partial charge in [-0.1, -0.05) is 0 Å². The van der Waals surface area contributed by atoms with Gasteiger partial charge in [0.25, 0.3) is 0 Å². The van der Waals surface area contributed by atoms with E-state index in [1.165, 1.54) is 21.0 Å². The average molecular weight is 137 g/mol. The molecule has 0 bridgehead atoms. The Hall–Kier alpha value is -0.650. The van der Waals surface area contributed by atoms with Gasteiger partial charge in [0.1, 0.15) is 0 Å². The van der Waals surface area contributed by atoms with Gasteiger partial charge in [0, 0.05) is 6.92 Å². The fourth-order valence-electron chi connectivity index (χ4n) is 0. The second-order valence-electron chi connectivity index (χ2n) is 0.609. The van der Waals surface area contributed by atoms with Crippen LogP contribution in [0, 0.1) is 0 Å². The van der Waals surface area contributed by atoms with E-state index in [-0.39, 0.29) is 0 Å². The third kappa shape index (κ3) is 115. The van der Waals surface area contributed by atoms with Gasteiger partial charge >= 0.3 is 5.97 Å². The molecule has 6 N–H and O–H groups in total. The lowest BCUT2D eigenvalue weighted by atomic mass is 10.8. The molecule has 0 aromatic rings. The predicted octanol–water partition coefficient (Wildman–Crippen LogP) is -1.43. The van der Waals surface area contributed by atoms with Crippen molar-refractivity contribution >= 4 is 5.97 Å². The molecule has 0 rings (SSSR count). The van der Waals surface area contributed by atoms with Crippen LogP contribution in [0.3, 0.4) is 0 Å². The maximum absolute atomic E-state index is 9.47. The Morgan fingerprint density at radius 1 is 1.22 bits per heavy atom. The van der Waals surface area contributed by atoms with Crippen LogP contribution in [0.5, 0.6) is 0 Å². The molecule has 0 spiro atoms. The van der Waals surface area contributed by atoms with Crippen LogP contribution in [-0.2, 0) is 9.63 Å². The molecule has 0 aromatic carbocycles. The molecular formula is C4H15N3O2. The number of carbonyl (C=O) groups is 1. The normalized spacial score (nSPS) is 5.11. The zero-order valence-electron chi connectivity index (χ0n) is 6.05. The van der Waals surface area contributed by atoms with Crippen LogP contribution in [0.15, 0.2) is 0 Å². The summed E-state index contributed by atoms with van der Waals surface area (Å²) in [6, 6.07) is 0. The summed E-state index contributed by atoms with van der Waals surface area (Å²) in [7, 11) is 3.00. The van der Waals surface area contributed by atoms with Crippen molar-refractivity contribution in [1.82, 2.24) is 0 Å². The zero-order valence-corrected chi connectivity index (χ0v) is 6.05. The van der Waals surface area contributed by atoms with Crippen molar-refractivity contribution in [3.63, 3.8) is 0 Å². The highest BCUT2D eigenvalue weighted by Gasteiger charge is 1.77. The monoisotopic (exact) mass is 137 g/mol. The summed E-state index contributed by atoms with van der Waals surface area (Å²) in [6.45, 7) is 1.24. The molecule has 0 heterocycles. The molecule has 5 heteroatoms. The number of nitrogens with two attached hydrogens (primary N) is 3. The van der Waals surface area contributed by atoms with Crippen LogP contribution < -0.4 is 17.4 Å². The van der Waals surface area contributed by atoms with E-state index in [0.717, 1.165) is 0 Å². The summed E-state index contributed by atoms with van der Waals surface area (Å²) in [4.78, 5) is 13.1. The summed E-state index contributed by atoms with van der Waals surface area (Å²) in [5, 5.41) is 0. The fraction of sp³-hybridized carbons (Fsp3) is 0.750. The Bertz CT molecular complexity index is 49.1. The molecule has 0 saturated heterocycles. The number of hydrogen-bond donors (Lipinski definition) is 3. The molecule has 0 fully saturated rings. The van der Waals surface area contributed by atoms with Crippen molar-refractivity contribution < 1.29 is 9.63 Å². The summed E-state index contributed by atoms with van der Waals surface area (Å²) in [6.07, 6.45) is 0. The predicted molar refractivity (Wildman–Crippen MR) is 36.2 cm³/mol. The molecule has 0 aliphatic heterocycles. The van der Waals surface area contributed by atoms with E-state index in [4.69, 9.17) is 0 Å². The first-order valence-electron chi connectivity index (χ1n) is 2.30. The lowest BCUT2D eigenvalue weighted by molar-refractivity contribution is -0.141. The highest BCUT2D eigenvalue weighted by Crippen LogP contribution is 1.55. The SMILES string of the molecule is CC(=O)ON.CN.CN. The van der Waals surface area contributed by atoms with Crippen molar-refractivity contribution in [1.29, 1.82) is 0 Å². The summed E-state index contributed by atoms with van der Waals surface area (Å²) in [5.74, 6) is 3.85. The standard InChI is InChI=1S/C2H5NO2.2CH5N/c1-2(4)5-3;2*1-2/h3H2,1H3;2*2H2,1H3. The highest BCUT2D eigenvalue weighted by atomic mass is 16.7.